The molecule has 0 unspecified atom stereocenters. The first kappa shape index (κ1) is 14.5. The highest BCUT2D eigenvalue weighted by atomic mass is 16.5. The van der Waals surface area contributed by atoms with Crippen LogP contribution in [0, 0.1) is 6.92 Å². The molecule has 110 valence electrons. The van der Waals surface area contributed by atoms with Crippen molar-refractivity contribution in [2.45, 2.75) is 13.8 Å². The van der Waals surface area contributed by atoms with Gasteiger partial charge in [0.15, 0.2) is 5.82 Å². The number of aromatic nitrogens is 1. The van der Waals surface area contributed by atoms with Crippen LogP contribution in [0.3, 0.4) is 0 Å². The molecule has 0 atom stereocenters. The molecular formula is C13H20N4O3. The molecule has 0 saturated carbocycles. The number of amides is 2. The third-order valence-electron chi connectivity index (χ3n) is 3.42. The highest BCUT2D eigenvalue weighted by molar-refractivity contribution is 5.96. The van der Waals surface area contributed by atoms with Gasteiger partial charge in [0.25, 0.3) is 0 Å². The number of rotatable bonds is 3. The van der Waals surface area contributed by atoms with Gasteiger partial charge < -0.3 is 14.3 Å². The fourth-order valence-electron chi connectivity index (χ4n) is 2.13. The first-order chi connectivity index (χ1) is 9.47. The zero-order chi connectivity index (χ0) is 14.7. The second-order valence-corrected chi connectivity index (χ2v) is 5.08. The summed E-state index contributed by atoms with van der Waals surface area (Å²) in [6, 6.07) is 1.65. The molecule has 0 spiro atoms. The fourth-order valence-corrected chi connectivity index (χ4v) is 2.13. The molecule has 2 heterocycles. The highest BCUT2D eigenvalue weighted by Crippen LogP contribution is 2.14. The summed E-state index contributed by atoms with van der Waals surface area (Å²) in [5.41, 5.74) is 0. The average Bonchev–Trinajstić information content (AvgIpc) is 2.82. The van der Waals surface area contributed by atoms with Crippen LogP contribution in [0.25, 0.3) is 0 Å². The summed E-state index contributed by atoms with van der Waals surface area (Å²) in [6.45, 7) is 6.27. The minimum atomic E-state index is -0.222. The minimum absolute atomic E-state index is 0.00498. The van der Waals surface area contributed by atoms with Crippen molar-refractivity contribution in [1.82, 2.24) is 15.0 Å². The molecule has 0 radical (unpaired) electrons. The van der Waals surface area contributed by atoms with E-state index < -0.39 is 0 Å². The lowest BCUT2D eigenvalue weighted by Gasteiger charge is -2.33. The number of nitrogens with zero attached hydrogens (tertiary/aromatic N) is 4. The van der Waals surface area contributed by atoms with Gasteiger partial charge in [-0.3, -0.25) is 14.5 Å². The van der Waals surface area contributed by atoms with Gasteiger partial charge in [0.2, 0.25) is 11.8 Å². The molecule has 0 aromatic carbocycles. The molecule has 0 aliphatic carbocycles. The molecule has 7 heteroatoms. The van der Waals surface area contributed by atoms with Crippen molar-refractivity contribution in [3.63, 3.8) is 0 Å². The number of hydrogen-bond acceptors (Lipinski definition) is 5. The molecule has 1 aliphatic rings. The largest absolute Gasteiger partial charge is 0.360 e. The first-order valence-corrected chi connectivity index (χ1v) is 6.65. The first-order valence-electron chi connectivity index (χ1n) is 6.65. The summed E-state index contributed by atoms with van der Waals surface area (Å²) in [5.74, 6) is 0.713. The molecule has 0 N–H and O–H groups in total. The number of carbonyl (C=O) groups excluding carboxylic acids is 2. The summed E-state index contributed by atoms with van der Waals surface area (Å²) in [5, 5.41) is 3.80. The van der Waals surface area contributed by atoms with Gasteiger partial charge in [-0.15, -0.1) is 0 Å². The van der Waals surface area contributed by atoms with E-state index in [0.717, 1.165) is 13.1 Å². The van der Waals surface area contributed by atoms with Crippen molar-refractivity contribution in [3.8, 4) is 0 Å². The van der Waals surface area contributed by atoms with E-state index >= 15 is 0 Å². The van der Waals surface area contributed by atoms with Gasteiger partial charge in [-0.1, -0.05) is 5.16 Å². The van der Waals surface area contributed by atoms with Crippen molar-refractivity contribution >= 4 is 17.6 Å². The topological polar surface area (TPSA) is 69.9 Å². The smallest absolute Gasteiger partial charge is 0.242 e. The van der Waals surface area contributed by atoms with E-state index in [-0.39, 0.29) is 18.4 Å². The maximum Gasteiger partial charge on any atom is 0.242 e. The Kier molecular flexibility index (Phi) is 4.39. The van der Waals surface area contributed by atoms with Gasteiger partial charge in [-0.2, -0.15) is 0 Å². The monoisotopic (exact) mass is 280 g/mol. The van der Waals surface area contributed by atoms with Crippen LogP contribution in [0.15, 0.2) is 10.6 Å². The van der Waals surface area contributed by atoms with Gasteiger partial charge in [0, 0.05) is 39.2 Å². The van der Waals surface area contributed by atoms with E-state index in [1.54, 1.807) is 17.9 Å². The average molecular weight is 280 g/mol. The number of anilines is 1. The Morgan fingerprint density at radius 1 is 1.35 bits per heavy atom. The van der Waals surface area contributed by atoms with Crippen LogP contribution in [0.5, 0.6) is 0 Å². The van der Waals surface area contributed by atoms with E-state index in [1.165, 1.54) is 11.8 Å². The Labute approximate surface area is 118 Å². The van der Waals surface area contributed by atoms with Gasteiger partial charge in [0.1, 0.15) is 12.3 Å². The predicted octanol–water partition coefficient (Wildman–Crippen LogP) is 0.110. The molecule has 7 nitrogen and oxygen atoms in total. The summed E-state index contributed by atoms with van der Waals surface area (Å²) in [6.07, 6.45) is 0. The zero-order valence-corrected chi connectivity index (χ0v) is 12.1. The highest BCUT2D eigenvalue weighted by Gasteiger charge is 2.24. The standard InChI is InChI=1S/C13H20N4O3/c1-10-8-12(14-20-10)17(11(2)18)9-13(19)16-6-4-15(3)5-7-16/h8H,4-7,9H2,1-3H3. The SMILES string of the molecule is CC(=O)N(CC(=O)N1CCN(C)CC1)c1cc(C)on1. The van der Waals surface area contributed by atoms with Crippen molar-refractivity contribution in [3.05, 3.63) is 11.8 Å². The van der Waals surface area contributed by atoms with Gasteiger partial charge in [-0.05, 0) is 14.0 Å². The molecule has 2 amide bonds. The molecule has 20 heavy (non-hydrogen) atoms. The van der Waals surface area contributed by atoms with Crippen LogP contribution >= 0.6 is 0 Å². The molecule has 1 aromatic rings. The van der Waals surface area contributed by atoms with E-state index in [4.69, 9.17) is 4.52 Å². The van der Waals surface area contributed by atoms with E-state index in [9.17, 15) is 9.59 Å². The minimum Gasteiger partial charge on any atom is -0.360 e. The summed E-state index contributed by atoms with van der Waals surface area (Å²) < 4.78 is 4.96. The third-order valence-corrected chi connectivity index (χ3v) is 3.42. The van der Waals surface area contributed by atoms with Crippen LogP contribution < -0.4 is 4.90 Å². The molecule has 1 aliphatic heterocycles. The van der Waals surface area contributed by atoms with Gasteiger partial charge in [0.05, 0.1) is 0 Å². The maximum atomic E-state index is 12.3. The second-order valence-electron chi connectivity index (χ2n) is 5.08. The van der Waals surface area contributed by atoms with Crippen LogP contribution in [-0.4, -0.2) is 66.5 Å². The van der Waals surface area contributed by atoms with Gasteiger partial charge >= 0.3 is 0 Å². The van der Waals surface area contributed by atoms with E-state index in [2.05, 4.69) is 10.1 Å². The maximum absolute atomic E-state index is 12.3. The number of hydrogen-bond donors (Lipinski definition) is 0. The number of carbonyl (C=O) groups is 2. The van der Waals surface area contributed by atoms with Gasteiger partial charge in [-0.25, -0.2) is 0 Å². The lowest BCUT2D eigenvalue weighted by Crippen LogP contribution is -2.50. The Bertz CT molecular complexity index is 492. The molecule has 1 saturated heterocycles. The number of likely N-dealkylation sites (N-methyl/N-ethyl adjacent to an activating group) is 1. The Morgan fingerprint density at radius 3 is 2.50 bits per heavy atom. The van der Waals surface area contributed by atoms with Crippen LogP contribution in [-0.2, 0) is 9.59 Å². The number of piperazine rings is 1. The van der Waals surface area contributed by atoms with Crippen LogP contribution in [0.2, 0.25) is 0 Å². The van der Waals surface area contributed by atoms with E-state index in [0.29, 0.717) is 24.7 Å². The molecule has 1 aromatic heterocycles. The van der Waals surface area contributed by atoms with Crippen LogP contribution in [0.1, 0.15) is 12.7 Å². The van der Waals surface area contributed by atoms with Crippen molar-refractivity contribution in [2.75, 3.05) is 44.7 Å². The predicted molar refractivity (Wildman–Crippen MR) is 73.3 cm³/mol. The quantitative estimate of drug-likeness (QED) is 0.786. The lowest BCUT2D eigenvalue weighted by molar-refractivity contribution is -0.132. The molecule has 1 fully saturated rings. The Hall–Kier alpha value is -1.89. The Morgan fingerprint density at radius 2 is 2.00 bits per heavy atom. The number of aryl methyl sites for hydroxylation is 1. The van der Waals surface area contributed by atoms with Crippen molar-refractivity contribution in [2.24, 2.45) is 0 Å². The summed E-state index contributed by atoms with van der Waals surface area (Å²) in [4.78, 5) is 29.2. The third kappa shape index (κ3) is 3.36. The van der Waals surface area contributed by atoms with Crippen molar-refractivity contribution < 1.29 is 14.1 Å². The zero-order valence-electron chi connectivity index (χ0n) is 12.1. The molecule has 0 bridgehead atoms. The molecule has 2 rings (SSSR count). The van der Waals surface area contributed by atoms with Crippen LogP contribution in [0.4, 0.5) is 5.82 Å². The van der Waals surface area contributed by atoms with Crippen molar-refractivity contribution in [1.29, 1.82) is 0 Å². The lowest BCUT2D eigenvalue weighted by atomic mass is 10.3. The normalized spacial score (nSPS) is 16.2. The van der Waals surface area contributed by atoms with E-state index in [1.807, 2.05) is 7.05 Å². The second kappa shape index (κ2) is 6.04. The fraction of sp³-hybridized carbons (Fsp3) is 0.615. The summed E-state index contributed by atoms with van der Waals surface area (Å²) >= 11 is 0. The Balaban J connectivity index is 2.01. The molecular weight excluding hydrogens is 260 g/mol. The summed E-state index contributed by atoms with van der Waals surface area (Å²) in [7, 11) is 2.03.